The average Bonchev–Trinajstić information content (AvgIpc) is 2.90. The number of carbonyl (C=O) groups excluding carboxylic acids is 2. The Kier molecular flexibility index (Phi) is 3.87. The summed E-state index contributed by atoms with van der Waals surface area (Å²) in [6.07, 6.45) is 0.572. The summed E-state index contributed by atoms with van der Waals surface area (Å²) >= 11 is 0. The van der Waals surface area contributed by atoms with Gasteiger partial charge in [-0.25, -0.2) is 0 Å². The van der Waals surface area contributed by atoms with E-state index < -0.39 is 35.8 Å². The van der Waals surface area contributed by atoms with E-state index >= 15 is 0 Å². The van der Waals surface area contributed by atoms with E-state index in [1.807, 2.05) is 0 Å². The highest BCUT2D eigenvalue weighted by molar-refractivity contribution is 5.93. The van der Waals surface area contributed by atoms with Gasteiger partial charge in [0.25, 0.3) is 5.91 Å². The van der Waals surface area contributed by atoms with Crippen LogP contribution >= 0.6 is 0 Å². The van der Waals surface area contributed by atoms with E-state index in [2.05, 4.69) is 14.8 Å². The van der Waals surface area contributed by atoms with Crippen molar-refractivity contribution in [3.8, 4) is 11.5 Å². The summed E-state index contributed by atoms with van der Waals surface area (Å²) in [5.41, 5.74) is -1.28. The highest BCUT2D eigenvalue weighted by Crippen LogP contribution is 2.62. The topological polar surface area (TPSA) is 94.1 Å². The Morgan fingerprint density at radius 1 is 1.14 bits per heavy atom. The maximum Gasteiger partial charge on any atom is 0.586 e. The molecular weight excluding hydrogens is 388 g/mol. The van der Waals surface area contributed by atoms with E-state index in [-0.39, 0.29) is 17.2 Å². The number of halogens is 2. The van der Waals surface area contributed by atoms with Crippen LogP contribution in [0.4, 0.5) is 14.5 Å². The van der Waals surface area contributed by atoms with E-state index in [0.717, 1.165) is 19.3 Å². The summed E-state index contributed by atoms with van der Waals surface area (Å²) in [5.74, 6) is -0.688. The number of esters is 1. The number of hydrogen-bond acceptors (Lipinski definition) is 6. The van der Waals surface area contributed by atoms with E-state index in [0.29, 0.717) is 31.1 Å². The smallest absolute Gasteiger partial charge is 0.455 e. The monoisotopic (exact) mass is 409 g/mol. The molecule has 4 saturated carbocycles. The fourth-order valence-electron chi connectivity index (χ4n) is 5.96. The van der Waals surface area contributed by atoms with Crippen LogP contribution in [0.3, 0.4) is 0 Å². The predicted octanol–water partition coefficient (Wildman–Crippen LogP) is 2.82. The van der Waals surface area contributed by atoms with Crippen molar-refractivity contribution in [2.45, 2.75) is 50.4 Å². The van der Waals surface area contributed by atoms with Crippen molar-refractivity contribution in [3.63, 3.8) is 0 Å². The lowest BCUT2D eigenvalue weighted by Crippen LogP contribution is -2.58. The predicted molar refractivity (Wildman–Crippen MR) is 94.3 cm³/mol. The Morgan fingerprint density at radius 3 is 2.52 bits per heavy atom. The van der Waals surface area contributed by atoms with Gasteiger partial charge in [0, 0.05) is 11.8 Å². The maximum absolute atomic E-state index is 13.1. The highest BCUT2D eigenvalue weighted by Gasteiger charge is 2.61. The third kappa shape index (κ3) is 3.31. The number of alkyl halides is 2. The van der Waals surface area contributed by atoms with Crippen LogP contribution in [0.2, 0.25) is 0 Å². The van der Waals surface area contributed by atoms with Crippen LogP contribution in [0.25, 0.3) is 0 Å². The minimum atomic E-state index is -3.73. The van der Waals surface area contributed by atoms with Crippen LogP contribution < -0.4 is 14.8 Å². The van der Waals surface area contributed by atoms with Crippen LogP contribution in [-0.2, 0) is 14.3 Å². The van der Waals surface area contributed by atoms with Crippen molar-refractivity contribution in [2.75, 3.05) is 11.9 Å². The average molecular weight is 409 g/mol. The van der Waals surface area contributed by atoms with Crippen LogP contribution in [0, 0.1) is 17.3 Å². The van der Waals surface area contributed by atoms with Gasteiger partial charge in [-0.3, -0.25) is 9.59 Å². The maximum atomic E-state index is 13.1. The van der Waals surface area contributed by atoms with E-state index in [1.165, 1.54) is 18.2 Å². The van der Waals surface area contributed by atoms with E-state index in [9.17, 15) is 23.5 Å². The number of hydrogen-bond donors (Lipinski definition) is 2. The number of amides is 1. The van der Waals surface area contributed by atoms with Crippen molar-refractivity contribution in [1.29, 1.82) is 0 Å². The molecule has 156 valence electrons. The molecule has 1 heterocycles. The Labute approximate surface area is 165 Å². The van der Waals surface area contributed by atoms with E-state index in [4.69, 9.17) is 4.74 Å². The van der Waals surface area contributed by atoms with Gasteiger partial charge in [0.15, 0.2) is 18.1 Å². The number of fused-ring (bicyclic) bond motifs is 1. The van der Waals surface area contributed by atoms with Crippen LogP contribution in [0.1, 0.15) is 38.5 Å². The Bertz CT molecular complexity index is 874. The third-order valence-corrected chi connectivity index (χ3v) is 6.48. The molecule has 1 aromatic carbocycles. The number of benzene rings is 1. The molecular formula is C20H21F2NO6. The normalized spacial score (nSPS) is 35.4. The molecule has 0 radical (unpaired) electrons. The zero-order valence-corrected chi connectivity index (χ0v) is 15.6. The molecule has 2 atom stereocenters. The van der Waals surface area contributed by atoms with Crippen LogP contribution in [-0.4, -0.2) is 35.5 Å². The van der Waals surface area contributed by atoms with Gasteiger partial charge in [-0.1, -0.05) is 0 Å². The summed E-state index contributed by atoms with van der Waals surface area (Å²) in [4.78, 5) is 25.0. The Balaban J connectivity index is 1.19. The molecule has 6 rings (SSSR count). The van der Waals surface area contributed by atoms with Crippen molar-refractivity contribution in [1.82, 2.24) is 0 Å². The lowest BCUT2D eigenvalue weighted by atomic mass is 9.48. The number of carbonyl (C=O) groups is 2. The minimum Gasteiger partial charge on any atom is -0.455 e. The molecule has 0 unspecified atom stereocenters. The first-order valence-corrected chi connectivity index (χ1v) is 9.73. The molecule has 0 spiro atoms. The molecule has 1 aromatic rings. The van der Waals surface area contributed by atoms with Crippen LogP contribution in [0.15, 0.2) is 18.2 Å². The van der Waals surface area contributed by atoms with E-state index in [1.54, 1.807) is 0 Å². The fourth-order valence-corrected chi connectivity index (χ4v) is 5.96. The zero-order valence-electron chi connectivity index (χ0n) is 15.6. The van der Waals surface area contributed by atoms with Gasteiger partial charge in [0.05, 0.1) is 11.0 Å². The molecule has 1 amide bonds. The summed E-state index contributed by atoms with van der Waals surface area (Å²) < 4.78 is 40.1. The summed E-state index contributed by atoms with van der Waals surface area (Å²) in [7, 11) is 0. The second kappa shape index (κ2) is 6.04. The van der Waals surface area contributed by atoms with Crippen molar-refractivity contribution >= 4 is 17.6 Å². The molecule has 5 aliphatic rings. The number of ether oxygens (including phenoxy) is 3. The van der Waals surface area contributed by atoms with Gasteiger partial charge in [-0.2, -0.15) is 0 Å². The van der Waals surface area contributed by atoms with Gasteiger partial charge in [0.2, 0.25) is 0 Å². The molecule has 4 fully saturated rings. The molecule has 9 heteroatoms. The quantitative estimate of drug-likeness (QED) is 0.743. The van der Waals surface area contributed by atoms with Gasteiger partial charge in [0.1, 0.15) is 0 Å². The summed E-state index contributed by atoms with van der Waals surface area (Å²) in [5, 5.41) is 13.2. The molecule has 2 N–H and O–H groups in total. The zero-order chi connectivity index (χ0) is 20.4. The Hall–Kier alpha value is -2.42. The van der Waals surface area contributed by atoms with Gasteiger partial charge < -0.3 is 24.6 Å². The standard InChI is InChI=1S/C20H21F2NO6/c21-20(22)28-14-2-1-13(4-15(14)29-20)23-16(24)9-27-17(25)18-5-11-3-12(6-18)8-19(26,7-11)10-18/h1-2,4,11-12,26H,3,5-10H2,(H,23,24)/t11-,12-,18?,19?/m1/s1. The molecule has 29 heavy (non-hydrogen) atoms. The van der Waals surface area contributed by atoms with Gasteiger partial charge in [-0.15, -0.1) is 8.78 Å². The molecule has 4 aliphatic carbocycles. The fraction of sp³-hybridized carbons (Fsp3) is 0.600. The molecule has 0 aromatic heterocycles. The third-order valence-electron chi connectivity index (χ3n) is 6.48. The van der Waals surface area contributed by atoms with Gasteiger partial charge in [-0.05, 0) is 62.5 Å². The second-order valence-electron chi connectivity index (χ2n) is 8.92. The summed E-state index contributed by atoms with van der Waals surface area (Å²) in [6, 6.07) is 3.86. The van der Waals surface area contributed by atoms with Crippen molar-refractivity contribution < 1.29 is 37.7 Å². The second-order valence-corrected chi connectivity index (χ2v) is 8.92. The molecule has 4 bridgehead atoms. The largest absolute Gasteiger partial charge is 0.586 e. The lowest BCUT2D eigenvalue weighted by Gasteiger charge is -2.58. The van der Waals surface area contributed by atoms with Crippen LogP contribution in [0.5, 0.6) is 11.5 Å². The number of nitrogens with one attached hydrogen (secondary N) is 1. The molecule has 0 saturated heterocycles. The Morgan fingerprint density at radius 2 is 1.83 bits per heavy atom. The number of anilines is 1. The first-order chi connectivity index (χ1) is 13.6. The summed E-state index contributed by atoms with van der Waals surface area (Å²) in [6.45, 7) is -0.487. The van der Waals surface area contributed by atoms with Crippen molar-refractivity contribution in [3.05, 3.63) is 18.2 Å². The number of aliphatic hydroxyl groups is 1. The SMILES string of the molecule is O=C(COC(=O)C12C[C@H]3C[C@@H](CC(O)(C3)C1)C2)Nc1ccc2c(c1)OC(F)(F)O2. The molecule has 1 aliphatic heterocycles. The first-order valence-electron chi connectivity index (χ1n) is 9.73. The highest BCUT2D eigenvalue weighted by atomic mass is 19.3. The first kappa shape index (κ1) is 18.6. The molecule has 7 nitrogen and oxygen atoms in total. The minimum absolute atomic E-state index is 0.126. The number of rotatable bonds is 4. The van der Waals surface area contributed by atoms with Gasteiger partial charge >= 0.3 is 12.3 Å². The van der Waals surface area contributed by atoms with Crippen molar-refractivity contribution in [2.24, 2.45) is 17.3 Å². The lowest BCUT2D eigenvalue weighted by molar-refractivity contribution is -0.286.